The number of hydrogen-bond acceptors (Lipinski definition) is 3. The highest BCUT2D eigenvalue weighted by Gasteiger charge is 2.30. The van der Waals surface area contributed by atoms with Crippen molar-refractivity contribution in [2.45, 2.75) is 38.1 Å². The highest BCUT2D eigenvalue weighted by Crippen LogP contribution is 2.36. The summed E-state index contributed by atoms with van der Waals surface area (Å²) in [6, 6.07) is 2.78. The Kier molecular flexibility index (Phi) is 3.21. The van der Waals surface area contributed by atoms with Gasteiger partial charge in [0, 0.05) is 18.0 Å². The molecular formula is C14H22N2O. The van der Waals surface area contributed by atoms with Crippen molar-refractivity contribution in [2.75, 3.05) is 19.6 Å². The van der Waals surface area contributed by atoms with Crippen LogP contribution in [0.25, 0.3) is 0 Å². The minimum absolute atomic E-state index is 0.608. The number of likely N-dealkylation sites (tertiary alicyclic amines) is 1. The molecule has 17 heavy (non-hydrogen) atoms. The van der Waals surface area contributed by atoms with Crippen molar-refractivity contribution >= 4 is 0 Å². The van der Waals surface area contributed by atoms with Gasteiger partial charge in [-0.25, -0.2) is 0 Å². The summed E-state index contributed by atoms with van der Waals surface area (Å²) in [7, 11) is 0. The van der Waals surface area contributed by atoms with Gasteiger partial charge < -0.3 is 10.2 Å². The Bertz CT molecular complexity index is 366. The first-order valence-corrected chi connectivity index (χ1v) is 6.89. The van der Waals surface area contributed by atoms with Gasteiger partial charge in [0.1, 0.15) is 5.76 Å². The lowest BCUT2D eigenvalue weighted by Gasteiger charge is -2.38. The molecular weight excluding hydrogens is 212 g/mol. The molecule has 0 bridgehead atoms. The summed E-state index contributed by atoms with van der Waals surface area (Å²) in [6.07, 6.45) is 8.07. The van der Waals surface area contributed by atoms with Crippen LogP contribution in [-0.2, 0) is 6.42 Å². The number of piperidine rings is 1. The lowest BCUT2D eigenvalue weighted by Crippen LogP contribution is -2.39. The first-order chi connectivity index (χ1) is 8.38. The van der Waals surface area contributed by atoms with E-state index >= 15 is 0 Å². The van der Waals surface area contributed by atoms with Gasteiger partial charge in [-0.05, 0) is 57.3 Å². The average Bonchev–Trinajstić information content (AvgIpc) is 2.87. The normalized spacial score (nSPS) is 27.0. The van der Waals surface area contributed by atoms with Crippen LogP contribution in [0.3, 0.4) is 0 Å². The Morgan fingerprint density at radius 3 is 2.88 bits per heavy atom. The summed E-state index contributed by atoms with van der Waals surface area (Å²) in [4.78, 5) is 2.64. The van der Waals surface area contributed by atoms with Crippen molar-refractivity contribution in [1.29, 1.82) is 0 Å². The molecule has 1 aliphatic heterocycles. The highest BCUT2D eigenvalue weighted by molar-refractivity contribution is 5.24. The van der Waals surface area contributed by atoms with E-state index in [9.17, 15) is 0 Å². The zero-order chi connectivity index (χ0) is 11.7. The van der Waals surface area contributed by atoms with Gasteiger partial charge in [-0.3, -0.25) is 4.90 Å². The predicted molar refractivity (Wildman–Crippen MR) is 67.7 cm³/mol. The summed E-state index contributed by atoms with van der Waals surface area (Å²) in [6.45, 7) is 3.27. The molecule has 0 aromatic carbocycles. The highest BCUT2D eigenvalue weighted by atomic mass is 16.3. The molecule has 0 saturated carbocycles. The van der Waals surface area contributed by atoms with E-state index in [1.807, 2.05) is 6.26 Å². The number of aryl methyl sites for hydroxylation is 1. The van der Waals surface area contributed by atoms with Crippen LogP contribution in [0.2, 0.25) is 0 Å². The van der Waals surface area contributed by atoms with E-state index in [0.717, 1.165) is 18.9 Å². The quantitative estimate of drug-likeness (QED) is 0.854. The Labute approximate surface area is 103 Å². The van der Waals surface area contributed by atoms with Crippen LogP contribution in [0.1, 0.15) is 43.0 Å². The van der Waals surface area contributed by atoms with Gasteiger partial charge in [-0.2, -0.15) is 0 Å². The van der Waals surface area contributed by atoms with E-state index in [0.29, 0.717) is 6.04 Å². The fraction of sp³-hybridized carbons (Fsp3) is 0.714. The molecule has 3 rings (SSSR count). The molecule has 0 radical (unpaired) electrons. The number of rotatable bonds is 2. The SMILES string of the molecule is NCC1CCN(C2CCCc3occc32)CC1. The van der Waals surface area contributed by atoms with E-state index < -0.39 is 0 Å². The molecule has 1 unspecified atom stereocenters. The van der Waals surface area contributed by atoms with Crippen molar-refractivity contribution in [3.8, 4) is 0 Å². The monoisotopic (exact) mass is 234 g/mol. The third-order valence-corrected chi connectivity index (χ3v) is 4.44. The Morgan fingerprint density at radius 2 is 2.12 bits per heavy atom. The number of furan rings is 1. The maximum absolute atomic E-state index is 5.75. The zero-order valence-electron chi connectivity index (χ0n) is 10.4. The van der Waals surface area contributed by atoms with E-state index in [2.05, 4.69) is 11.0 Å². The van der Waals surface area contributed by atoms with Crippen molar-refractivity contribution in [3.05, 3.63) is 23.7 Å². The van der Waals surface area contributed by atoms with E-state index in [1.54, 1.807) is 0 Å². The van der Waals surface area contributed by atoms with E-state index in [1.165, 1.54) is 50.1 Å². The fourth-order valence-electron chi connectivity index (χ4n) is 3.34. The molecule has 1 atom stereocenters. The van der Waals surface area contributed by atoms with Gasteiger partial charge in [0.05, 0.1) is 6.26 Å². The minimum atomic E-state index is 0.608. The van der Waals surface area contributed by atoms with Crippen LogP contribution in [0.15, 0.2) is 16.7 Å². The Balaban J connectivity index is 1.70. The van der Waals surface area contributed by atoms with Crippen molar-refractivity contribution in [3.63, 3.8) is 0 Å². The lowest BCUT2D eigenvalue weighted by molar-refractivity contribution is 0.121. The van der Waals surface area contributed by atoms with Crippen LogP contribution in [-0.4, -0.2) is 24.5 Å². The van der Waals surface area contributed by atoms with Crippen molar-refractivity contribution in [2.24, 2.45) is 11.7 Å². The molecule has 3 heteroatoms. The maximum Gasteiger partial charge on any atom is 0.108 e. The molecule has 0 amide bonds. The molecule has 3 nitrogen and oxygen atoms in total. The Hall–Kier alpha value is -0.800. The van der Waals surface area contributed by atoms with Gasteiger partial charge in [0.15, 0.2) is 0 Å². The van der Waals surface area contributed by atoms with Crippen LogP contribution in [0, 0.1) is 5.92 Å². The smallest absolute Gasteiger partial charge is 0.108 e. The van der Waals surface area contributed by atoms with Gasteiger partial charge in [0.25, 0.3) is 0 Å². The fourth-order valence-corrected chi connectivity index (χ4v) is 3.34. The number of fused-ring (bicyclic) bond motifs is 1. The molecule has 2 heterocycles. The van der Waals surface area contributed by atoms with Gasteiger partial charge >= 0.3 is 0 Å². The average molecular weight is 234 g/mol. The summed E-state index contributed by atoms with van der Waals surface area (Å²) in [5.74, 6) is 1.97. The lowest BCUT2D eigenvalue weighted by atomic mass is 9.89. The molecule has 1 fully saturated rings. The first kappa shape index (κ1) is 11.3. The third-order valence-electron chi connectivity index (χ3n) is 4.44. The standard InChI is InChI=1S/C14H22N2O/c15-10-11-4-7-16(8-5-11)13-2-1-3-14-12(13)6-9-17-14/h6,9,11,13H,1-5,7-8,10,15H2. The molecule has 1 aliphatic carbocycles. The molecule has 0 spiro atoms. The van der Waals surface area contributed by atoms with E-state index in [4.69, 9.17) is 10.2 Å². The second-order valence-corrected chi connectivity index (χ2v) is 5.42. The summed E-state index contributed by atoms with van der Waals surface area (Å²) in [5.41, 5.74) is 7.20. The molecule has 1 aromatic rings. The summed E-state index contributed by atoms with van der Waals surface area (Å²) < 4.78 is 5.57. The van der Waals surface area contributed by atoms with E-state index in [-0.39, 0.29) is 0 Å². The maximum atomic E-state index is 5.75. The molecule has 1 saturated heterocycles. The summed E-state index contributed by atoms with van der Waals surface area (Å²) >= 11 is 0. The third kappa shape index (κ3) is 2.14. The number of hydrogen-bond donors (Lipinski definition) is 1. The van der Waals surface area contributed by atoms with Gasteiger partial charge in [-0.15, -0.1) is 0 Å². The van der Waals surface area contributed by atoms with Crippen LogP contribution < -0.4 is 5.73 Å². The van der Waals surface area contributed by atoms with Crippen molar-refractivity contribution < 1.29 is 4.42 Å². The molecule has 2 aliphatic rings. The zero-order valence-corrected chi connectivity index (χ0v) is 10.4. The molecule has 1 aromatic heterocycles. The minimum Gasteiger partial charge on any atom is -0.469 e. The summed E-state index contributed by atoms with van der Waals surface area (Å²) in [5, 5.41) is 0. The first-order valence-electron chi connectivity index (χ1n) is 6.89. The Morgan fingerprint density at radius 1 is 1.29 bits per heavy atom. The van der Waals surface area contributed by atoms with Gasteiger partial charge in [-0.1, -0.05) is 0 Å². The second kappa shape index (κ2) is 4.83. The topological polar surface area (TPSA) is 42.4 Å². The van der Waals surface area contributed by atoms with Crippen LogP contribution >= 0.6 is 0 Å². The molecule has 2 N–H and O–H groups in total. The number of nitrogens with zero attached hydrogens (tertiary/aromatic N) is 1. The van der Waals surface area contributed by atoms with Crippen molar-refractivity contribution in [1.82, 2.24) is 4.90 Å². The van der Waals surface area contributed by atoms with Crippen LogP contribution in [0.4, 0.5) is 0 Å². The van der Waals surface area contributed by atoms with Gasteiger partial charge in [0.2, 0.25) is 0 Å². The molecule has 94 valence electrons. The van der Waals surface area contributed by atoms with Crippen LogP contribution in [0.5, 0.6) is 0 Å². The largest absolute Gasteiger partial charge is 0.469 e. The number of nitrogens with two attached hydrogens (primary N) is 1. The second-order valence-electron chi connectivity index (χ2n) is 5.42. The predicted octanol–water partition coefficient (Wildman–Crippen LogP) is 2.33.